The summed E-state index contributed by atoms with van der Waals surface area (Å²) in [5, 5.41) is 3.36. The van der Waals surface area contributed by atoms with Crippen LogP contribution in [0.4, 0.5) is 0 Å². The molecule has 1 aromatic heterocycles. The Hall–Kier alpha value is -1.79. The minimum Gasteiger partial charge on any atom is -0.408 e. The summed E-state index contributed by atoms with van der Waals surface area (Å²) in [6.45, 7) is 5.83. The molecular weight excluding hydrogens is 330 g/mol. The summed E-state index contributed by atoms with van der Waals surface area (Å²) in [7, 11) is 0. The number of rotatable bonds is 5. The van der Waals surface area contributed by atoms with Crippen molar-refractivity contribution in [3.05, 3.63) is 33.8 Å². The first-order valence-electron chi connectivity index (χ1n) is 8.31. The molecule has 1 aliphatic heterocycles. The predicted molar refractivity (Wildman–Crippen MR) is 93.3 cm³/mol. The minimum absolute atomic E-state index is 0.0511. The number of carbonyl (C=O) groups excluding carboxylic acids is 1. The fourth-order valence-electron chi connectivity index (χ4n) is 3.03. The van der Waals surface area contributed by atoms with E-state index in [-0.39, 0.29) is 12.5 Å². The average molecular weight is 352 g/mol. The summed E-state index contributed by atoms with van der Waals surface area (Å²) < 4.78 is 6.45. The van der Waals surface area contributed by atoms with Crippen LogP contribution < -0.4 is 11.1 Å². The van der Waals surface area contributed by atoms with Crippen LogP contribution in [0, 0.1) is 5.92 Å². The molecular formula is C17H22ClN3O3. The second-order valence-corrected chi connectivity index (χ2v) is 6.88. The highest BCUT2D eigenvalue weighted by Gasteiger charge is 2.16. The van der Waals surface area contributed by atoms with E-state index in [1.54, 1.807) is 18.2 Å². The van der Waals surface area contributed by atoms with Crippen molar-refractivity contribution in [2.24, 2.45) is 5.92 Å². The van der Waals surface area contributed by atoms with Crippen molar-refractivity contribution in [2.75, 3.05) is 26.2 Å². The van der Waals surface area contributed by atoms with Crippen molar-refractivity contribution in [1.82, 2.24) is 14.8 Å². The summed E-state index contributed by atoms with van der Waals surface area (Å²) in [4.78, 5) is 26.4. The molecule has 130 valence electrons. The molecule has 0 atom stereocenters. The van der Waals surface area contributed by atoms with Crippen LogP contribution in [-0.4, -0.2) is 41.6 Å². The maximum atomic E-state index is 12.1. The Morgan fingerprint density at radius 2 is 2.12 bits per heavy atom. The lowest BCUT2D eigenvalue weighted by Gasteiger charge is -2.30. The third kappa shape index (κ3) is 3.99. The topological polar surface area (TPSA) is 67.5 Å². The van der Waals surface area contributed by atoms with Gasteiger partial charge >= 0.3 is 5.76 Å². The number of nitrogens with one attached hydrogen (secondary N) is 1. The molecule has 1 N–H and O–H groups in total. The lowest BCUT2D eigenvalue weighted by atomic mass is 9.99. The van der Waals surface area contributed by atoms with E-state index < -0.39 is 5.76 Å². The monoisotopic (exact) mass is 351 g/mol. The lowest BCUT2D eigenvalue weighted by molar-refractivity contribution is -0.121. The molecule has 0 bridgehead atoms. The Bertz CT molecular complexity index is 775. The van der Waals surface area contributed by atoms with Gasteiger partial charge in [0.05, 0.1) is 5.52 Å². The number of carbonyl (C=O) groups is 1. The fourth-order valence-corrected chi connectivity index (χ4v) is 3.19. The standard InChI is InChI=1S/C17H22ClN3O3/c1-12-4-7-20(8-5-12)9-6-19-16(22)11-21-14-3-2-13(18)10-15(14)24-17(21)23/h2-3,10,12H,4-9,11H2,1H3,(H,19,22). The molecule has 0 aliphatic carbocycles. The second kappa shape index (κ2) is 7.40. The molecule has 0 radical (unpaired) electrons. The molecule has 2 aromatic rings. The minimum atomic E-state index is -0.549. The number of nitrogens with zero attached hydrogens (tertiary/aromatic N) is 2. The number of hydrogen-bond donors (Lipinski definition) is 1. The number of halogens is 1. The fraction of sp³-hybridized carbons (Fsp3) is 0.529. The molecule has 0 unspecified atom stereocenters. The first kappa shape index (κ1) is 17.0. The van der Waals surface area contributed by atoms with E-state index in [1.807, 2.05) is 0 Å². The van der Waals surface area contributed by atoms with Crippen molar-refractivity contribution in [2.45, 2.75) is 26.3 Å². The van der Waals surface area contributed by atoms with Gasteiger partial charge in [0.2, 0.25) is 5.91 Å². The highest BCUT2D eigenvalue weighted by molar-refractivity contribution is 6.31. The van der Waals surface area contributed by atoms with Gasteiger partial charge in [0.1, 0.15) is 6.54 Å². The maximum Gasteiger partial charge on any atom is 0.420 e. The highest BCUT2D eigenvalue weighted by Crippen LogP contribution is 2.18. The Labute approximate surface area is 145 Å². The third-order valence-electron chi connectivity index (χ3n) is 4.56. The van der Waals surface area contributed by atoms with Crippen LogP contribution in [-0.2, 0) is 11.3 Å². The second-order valence-electron chi connectivity index (χ2n) is 6.44. The summed E-state index contributed by atoms with van der Waals surface area (Å²) in [5.41, 5.74) is 0.965. The van der Waals surface area contributed by atoms with Crippen molar-refractivity contribution >= 4 is 28.6 Å². The van der Waals surface area contributed by atoms with Crippen molar-refractivity contribution in [3.63, 3.8) is 0 Å². The van der Waals surface area contributed by atoms with E-state index in [0.29, 0.717) is 22.7 Å². The van der Waals surface area contributed by atoms with Gasteiger partial charge in [0.15, 0.2) is 5.58 Å². The van der Waals surface area contributed by atoms with E-state index in [1.165, 1.54) is 17.4 Å². The first-order chi connectivity index (χ1) is 11.5. The predicted octanol–water partition coefficient (Wildman–Crippen LogP) is 2.10. The number of benzene rings is 1. The molecule has 0 spiro atoms. The number of amides is 1. The third-order valence-corrected chi connectivity index (χ3v) is 4.79. The van der Waals surface area contributed by atoms with E-state index in [4.69, 9.17) is 16.0 Å². The van der Waals surface area contributed by atoms with Crippen LogP contribution in [0.15, 0.2) is 27.4 Å². The van der Waals surface area contributed by atoms with Gasteiger partial charge in [-0.25, -0.2) is 4.79 Å². The molecule has 1 fully saturated rings. The van der Waals surface area contributed by atoms with Crippen molar-refractivity contribution < 1.29 is 9.21 Å². The summed E-state index contributed by atoms with van der Waals surface area (Å²) in [6.07, 6.45) is 2.43. The zero-order valence-electron chi connectivity index (χ0n) is 13.8. The number of aromatic nitrogens is 1. The van der Waals surface area contributed by atoms with Crippen molar-refractivity contribution in [3.8, 4) is 0 Å². The zero-order chi connectivity index (χ0) is 17.1. The van der Waals surface area contributed by atoms with E-state index in [0.717, 1.165) is 25.6 Å². The molecule has 1 amide bonds. The Kier molecular flexibility index (Phi) is 5.26. The number of fused-ring (bicyclic) bond motifs is 1. The summed E-state index contributed by atoms with van der Waals surface area (Å²) in [5.74, 6) is 0.0538. The van der Waals surface area contributed by atoms with E-state index in [9.17, 15) is 9.59 Å². The van der Waals surface area contributed by atoms with Crippen LogP contribution >= 0.6 is 11.6 Å². The van der Waals surface area contributed by atoms with Crippen LogP contribution in [0.5, 0.6) is 0 Å². The molecule has 0 saturated carbocycles. The molecule has 2 heterocycles. The number of likely N-dealkylation sites (tertiary alicyclic amines) is 1. The Balaban J connectivity index is 1.54. The molecule has 1 aliphatic rings. The Morgan fingerprint density at radius 1 is 1.38 bits per heavy atom. The normalized spacial score (nSPS) is 16.6. The Morgan fingerprint density at radius 3 is 2.88 bits per heavy atom. The van der Waals surface area contributed by atoms with Gasteiger partial charge in [-0.2, -0.15) is 0 Å². The number of hydrogen-bond acceptors (Lipinski definition) is 4. The van der Waals surface area contributed by atoms with Crippen LogP contribution in [0.2, 0.25) is 5.02 Å². The van der Waals surface area contributed by atoms with Gasteiger partial charge in [0.25, 0.3) is 0 Å². The summed E-state index contributed by atoms with van der Waals surface area (Å²) in [6, 6.07) is 4.93. The molecule has 6 nitrogen and oxygen atoms in total. The van der Waals surface area contributed by atoms with Crippen molar-refractivity contribution in [1.29, 1.82) is 0 Å². The molecule has 7 heteroatoms. The lowest BCUT2D eigenvalue weighted by Crippen LogP contribution is -2.40. The van der Waals surface area contributed by atoms with Crippen LogP contribution in [0.1, 0.15) is 19.8 Å². The molecule has 1 aromatic carbocycles. The molecule has 24 heavy (non-hydrogen) atoms. The van der Waals surface area contributed by atoms with Crippen LogP contribution in [0.25, 0.3) is 11.1 Å². The molecule has 3 rings (SSSR count). The number of oxazole rings is 1. The van der Waals surface area contributed by atoms with Gasteiger partial charge < -0.3 is 14.6 Å². The van der Waals surface area contributed by atoms with Crippen LogP contribution in [0.3, 0.4) is 0 Å². The largest absolute Gasteiger partial charge is 0.420 e. The zero-order valence-corrected chi connectivity index (χ0v) is 14.5. The first-order valence-corrected chi connectivity index (χ1v) is 8.68. The quantitative estimate of drug-likeness (QED) is 0.895. The molecule has 1 saturated heterocycles. The maximum absolute atomic E-state index is 12.1. The summed E-state index contributed by atoms with van der Waals surface area (Å²) >= 11 is 5.88. The van der Waals surface area contributed by atoms with Gasteiger partial charge in [-0.15, -0.1) is 0 Å². The van der Waals surface area contributed by atoms with E-state index >= 15 is 0 Å². The smallest absolute Gasteiger partial charge is 0.408 e. The number of piperidine rings is 1. The van der Waals surface area contributed by atoms with Gasteiger partial charge in [0, 0.05) is 24.2 Å². The van der Waals surface area contributed by atoms with Gasteiger partial charge in [-0.05, 0) is 44.0 Å². The van der Waals surface area contributed by atoms with E-state index in [2.05, 4.69) is 17.1 Å². The van der Waals surface area contributed by atoms with Gasteiger partial charge in [-0.3, -0.25) is 9.36 Å². The highest BCUT2D eigenvalue weighted by atomic mass is 35.5. The SMILES string of the molecule is CC1CCN(CCNC(=O)Cn2c(=O)oc3cc(Cl)ccc32)CC1. The van der Waals surface area contributed by atoms with Gasteiger partial charge in [-0.1, -0.05) is 18.5 Å². The average Bonchev–Trinajstić information content (AvgIpc) is 2.84.